The van der Waals surface area contributed by atoms with Gasteiger partial charge in [0, 0.05) is 12.0 Å². The minimum Gasteiger partial charge on any atom is -0.489 e. The smallest absolute Gasteiger partial charge is 0.273 e. The van der Waals surface area contributed by atoms with Crippen LogP contribution in [0.25, 0.3) is 0 Å². The van der Waals surface area contributed by atoms with Crippen LogP contribution in [0.4, 0.5) is 8.78 Å². The SMILES string of the molecule is CC1Cc2cc(S(=O)(=O)NCC(F)(F)CN)cc(Cl)c2O1.Cl. The van der Waals surface area contributed by atoms with Crippen molar-refractivity contribution in [2.24, 2.45) is 5.73 Å². The minimum atomic E-state index is -4.09. The lowest BCUT2D eigenvalue weighted by atomic mass is 10.1. The average Bonchev–Trinajstić information content (AvgIpc) is 2.78. The van der Waals surface area contributed by atoms with Crippen molar-refractivity contribution in [3.63, 3.8) is 0 Å². The van der Waals surface area contributed by atoms with Gasteiger partial charge in [0.2, 0.25) is 10.0 Å². The van der Waals surface area contributed by atoms with Crippen LogP contribution in [0.1, 0.15) is 12.5 Å². The number of rotatable bonds is 5. The first-order valence-corrected chi connectivity index (χ1v) is 8.07. The van der Waals surface area contributed by atoms with Crippen LogP contribution in [0.5, 0.6) is 5.75 Å². The molecule has 1 aromatic rings. The number of benzene rings is 1. The molecule has 0 amide bonds. The Morgan fingerprint density at radius 2 is 2.14 bits per heavy atom. The molecule has 0 fully saturated rings. The third-order valence-corrected chi connectivity index (χ3v) is 4.71. The Bertz CT molecular complexity index is 656. The van der Waals surface area contributed by atoms with Crippen molar-refractivity contribution in [2.75, 3.05) is 13.1 Å². The van der Waals surface area contributed by atoms with Gasteiger partial charge in [-0.3, -0.25) is 0 Å². The zero-order valence-corrected chi connectivity index (χ0v) is 14.0. The maximum Gasteiger partial charge on any atom is 0.273 e. The highest BCUT2D eigenvalue weighted by molar-refractivity contribution is 7.89. The second kappa shape index (κ2) is 6.84. The number of hydrogen-bond acceptors (Lipinski definition) is 4. The lowest BCUT2D eigenvalue weighted by Crippen LogP contribution is -2.41. The molecule has 22 heavy (non-hydrogen) atoms. The summed E-state index contributed by atoms with van der Waals surface area (Å²) >= 11 is 5.98. The van der Waals surface area contributed by atoms with Gasteiger partial charge in [0.05, 0.1) is 23.0 Å². The molecule has 1 unspecified atom stereocenters. The molecule has 0 spiro atoms. The number of hydrogen-bond donors (Lipinski definition) is 2. The van der Waals surface area contributed by atoms with Crippen LogP contribution < -0.4 is 15.2 Å². The second-order valence-corrected chi connectivity index (χ2v) is 7.08. The highest BCUT2D eigenvalue weighted by atomic mass is 35.5. The summed E-state index contributed by atoms with van der Waals surface area (Å²) in [5.74, 6) is -2.86. The van der Waals surface area contributed by atoms with Crippen LogP contribution in [0.3, 0.4) is 0 Å². The molecule has 0 aliphatic carbocycles. The Kier molecular flexibility index (Phi) is 6.02. The maximum atomic E-state index is 13.1. The van der Waals surface area contributed by atoms with Crippen molar-refractivity contribution in [1.29, 1.82) is 0 Å². The molecule has 0 aromatic heterocycles. The highest BCUT2D eigenvalue weighted by Gasteiger charge is 2.31. The standard InChI is InChI=1S/C12H15ClF2N2O3S.ClH/c1-7-2-8-3-9(4-10(13)11(8)20-7)21(18,19)17-6-12(14,15)5-16;/h3-4,7,17H,2,5-6,16H2,1H3;1H. The van der Waals surface area contributed by atoms with Crippen LogP contribution in [0.15, 0.2) is 17.0 Å². The van der Waals surface area contributed by atoms with Gasteiger partial charge in [-0.15, -0.1) is 12.4 Å². The van der Waals surface area contributed by atoms with Gasteiger partial charge in [-0.1, -0.05) is 11.6 Å². The summed E-state index contributed by atoms with van der Waals surface area (Å²) in [7, 11) is -4.09. The molecule has 2 rings (SSSR count). The van der Waals surface area contributed by atoms with Crippen LogP contribution in [0, 0.1) is 0 Å². The van der Waals surface area contributed by atoms with Gasteiger partial charge < -0.3 is 10.5 Å². The highest BCUT2D eigenvalue weighted by Crippen LogP contribution is 2.37. The molecule has 126 valence electrons. The largest absolute Gasteiger partial charge is 0.489 e. The number of ether oxygens (including phenoxy) is 1. The van der Waals surface area contributed by atoms with E-state index in [0.29, 0.717) is 17.7 Å². The van der Waals surface area contributed by atoms with Crippen LogP contribution in [-0.4, -0.2) is 33.5 Å². The molecule has 1 atom stereocenters. The third-order valence-electron chi connectivity index (χ3n) is 3.05. The number of nitrogens with two attached hydrogens (primary N) is 1. The predicted molar refractivity (Wildman–Crippen MR) is 81.7 cm³/mol. The summed E-state index contributed by atoms with van der Waals surface area (Å²) < 4.78 is 57.5. The first kappa shape index (κ1) is 19.4. The molecule has 10 heteroatoms. The monoisotopic (exact) mass is 376 g/mol. The third kappa shape index (κ3) is 4.20. The van der Waals surface area contributed by atoms with Gasteiger partial charge in [-0.05, 0) is 19.1 Å². The lowest BCUT2D eigenvalue weighted by molar-refractivity contribution is 0.0170. The fourth-order valence-corrected chi connectivity index (χ4v) is 3.46. The van der Waals surface area contributed by atoms with E-state index in [0.717, 1.165) is 0 Å². The van der Waals surface area contributed by atoms with Crippen molar-refractivity contribution in [3.8, 4) is 5.75 Å². The zero-order valence-electron chi connectivity index (χ0n) is 11.6. The molecule has 1 aliphatic rings. The fourth-order valence-electron chi connectivity index (χ4n) is 1.97. The summed E-state index contributed by atoms with van der Waals surface area (Å²) in [6.45, 7) is -0.177. The Labute approximate surface area is 138 Å². The van der Waals surface area contributed by atoms with E-state index >= 15 is 0 Å². The van der Waals surface area contributed by atoms with Gasteiger partial charge >= 0.3 is 0 Å². The lowest BCUT2D eigenvalue weighted by Gasteiger charge is -2.15. The van der Waals surface area contributed by atoms with Gasteiger partial charge in [-0.2, -0.15) is 0 Å². The van der Waals surface area contributed by atoms with Crippen LogP contribution >= 0.6 is 24.0 Å². The topological polar surface area (TPSA) is 81.4 Å². The molecule has 0 bridgehead atoms. The van der Waals surface area contributed by atoms with E-state index in [-0.39, 0.29) is 28.4 Å². The first-order valence-electron chi connectivity index (χ1n) is 6.21. The van der Waals surface area contributed by atoms with Gasteiger partial charge in [-0.25, -0.2) is 21.9 Å². The van der Waals surface area contributed by atoms with E-state index < -0.39 is 29.0 Å². The summed E-state index contributed by atoms with van der Waals surface area (Å²) in [6, 6.07) is 2.56. The molecule has 0 radical (unpaired) electrons. The van der Waals surface area contributed by atoms with Crippen LogP contribution in [-0.2, 0) is 16.4 Å². The van der Waals surface area contributed by atoms with E-state index in [1.807, 2.05) is 11.6 Å². The molecule has 1 aliphatic heterocycles. The quantitative estimate of drug-likeness (QED) is 0.822. The Morgan fingerprint density at radius 3 is 2.73 bits per heavy atom. The molecule has 0 saturated carbocycles. The number of nitrogens with one attached hydrogen (secondary N) is 1. The Balaban J connectivity index is 0.00000242. The van der Waals surface area contributed by atoms with Crippen molar-refractivity contribution in [3.05, 3.63) is 22.7 Å². The molecular weight excluding hydrogens is 361 g/mol. The molecule has 3 N–H and O–H groups in total. The van der Waals surface area contributed by atoms with Crippen molar-refractivity contribution < 1.29 is 21.9 Å². The van der Waals surface area contributed by atoms with E-state index in [4.69, 9.17) is 22.1 Å². The number of halogens is 4. The fraction of sp³-hybridized carbons (Fsp3) is 0.500. The summed E-state index contributed by atoms with van der Waals surface area (Å²) in [5, 5.41) is 0.141. The van der Waals surface area contributed by atoms with E-state index in [1.54, 1.807) is 0 Å². The zero-order chi connectivity index (χ0) is 15.8. The van der Waals surface area contributed by atoms with Gasteiger partial charge in [0.25, 0.3) is 5.92 Å². The van der Waals surface area contributed by atoms with E-state index in [1.165, 1.54) is 12.1 Å². The normalized spacial score (nSPS) is 17.6. The van der Waals surface area contributed by atoms with Gasteiger partial charge in [0.15, 0.2) is 0 Å². The average molecular weight is 377 g/mol. The Hall–Kier alpha value is -0.670. The summed E-state index contributed by atoms with van der Waals surface area (Å²) in [6.07, 6.45) is 0.405. The first-order chi connectivity index (χ1) is 9.64. The molecule has 1 heterocycles. The van der Waals surface area contributed by atoms with E-state index in [2.05, 4.69) is 0 Å². The van der Waals surface area contributed by atoms with Crippen LogP contribution in [0.2, 0.25) is 5.02 Å². The molecule has 5 nitrogen and oxygen atoms in total. The van der Waals surface area contributed by atoms with Gasteiger partial charge in [0.1, 0.15) is 11.9 Å². The number of fused-ring (bicyclic) bond motifs is 1. The minimum absolute atomic E-state index is 0. The molecule has 0 saturated heterocycles. The Morgan fingerprint density at radius 1 is 1.50 bits per heavy atom. The molecule has 1 aromatic carbocycles. The number of alkyl halides is 2. The molecular formula is C12H16Cl2F2N2O3S. The maximum absolute atomic E-state index is 13.1. The van der Waals surface area contributed by atoms with E-state index in [9.17, 15) is 17.2 Å². The van der Waals surface area contributed by atoms with Crippen molar-refractivity contribution >= 4 is 34.0 Å². The summed E-state index contributed by atoms with van der Waals surface area (Å²) in [4.78, 5) is -0.170. The summed E-state index contributed by atoms with van der Waals surface area (Å²) in [5.41, 5.74) is 5.50. The van der Waals surface area contributed by atoms with Crippen molar-refractivity contribution in [2.45, 2.75) is 30.3 Å². The van der Waals surface area contributed by atoms with Crippen molar-refractivity contribution in [1.82, 2.24) is 4.72 Å². The number of sulfonamides is 1. The predicted octanol–water partition coefficient (Wildman–Crippen LogP) is 1.96. The second-order valence-electron chi connectivity index (χ2n) is 4.91.